The van der Waals surface area contributed by atoms with E-state index in [1.807, 2.05) is 60.7 Å². The van der Waals surface area contributed by atoms with Crippen molar-refractivity contribution in [3.63, 3.8) is 0 Å². The molecule has 0 radical (unpaired) electrons. The Morgan fingerprint density at radius 1 is 0.696 bits per heavy atom. The molecule has 0 bridgehead atoms. The van der Waals surface area contributed by atoms with Crippen LogP contribution in [0.25, 0.3) is 0 Å². The van der Waals surface area contributed by atoms with E-state index in [9.17, 15) is 0 Å². The number of hydrogen-bond acceptors (Lipinski definition) is 5. The third-order valence-corrected chi connectivity index (χ3v) is 3.55. The highest BCUT2D eigenvalue weighted by molar-refractivity contribution is 7.80. The van der Waals surface area contributed by atoms with Crippen LogP contribution < -0.4 is 20.9 Å². The van der Waals surface area contributed by atoms with Gasteiger partial charge in [-0.25, -0.2) is 0 Å². The monoisotopic (exact) mass is 324 g/mol. The van der Waals surface area contributed by atoms with Gasteiger partial charge in [-0.05, 0) is 30.3 Å². The Balaban J connectivity index is 2.05. The van der Waals surface area contributed by atoms with Gasteiger partial charge in [0.1, 0.15) is 17.2 Å². The lowest BCUT2D eigenvalue weighted by atomic mass is 10.2. The molecule has 0 spiro atoms. The van der Waals surface area contributed by atoms with E-state index in [1.54, 1.807) is 6.07 Å². The molecule has 0 heterocycles. The molecule has 3 aromatic carbocycles. The maximum atomic E-state index is 6.09. The van der Waals surface area contributed by atoms with Gasteiger partial charge in [0.2, 0.25) is 0 Å². The largest absolute Gasteiger partial charge is 0.452 e. The van der Waals surface area contributed by atoms with Gasteiger partial charge in [-0.3, -0.25) is 0 Å². The third-order valence-electron chi connectivity index (χ3n) is 3.21. The van der Waals surface area contributed by atoms with E-state index >= 15 is 0 Å². The van der Waals surface area contributed by atoms with Gasteiger partial charge in [0, 0.05) is 0 Å². The Morgan fingerprint density at radius 3 is 1.70 bits per heavy atom. The molecule has 4 nitrogen and oxygen atoms in total. The van der Waals surface area contributed by atoms with Gasteiger partial charge < -0.3 is 20.9 Å². The Bertz CT molecular complexity index is 808. The lowest BCUT2D eigenvalue weighted by molar-refractivity contribution is 0.413. The molecule has 23 heavy (non-hydrogen) atoms. The van der Waals surface area contributed by atoms with Gasteiger partial charge in [0.15, 0.2) is 11.5 Å². The summed E-state index contributed by atoms with van der Waals surface area (Å²) in [4.78, 5) is 0.548. The summed E-state index contributed by atoms with van der Waals surface area (Å²) in [7, 11) is 0. The Hall–Kier alpha value is -2.79. The minimum Gasteiger partial charge on any atom is -0.452 e. The minimum absolute atomic E-state index is 0.317. The number of nitrogens with two attached hydrogens (primary N) is 2. The first-order valence-corrected chi connectivity index (χ1v) is 7.46. The number of anilines is 2. The summed E-state index contributed by atoms with van der Waals surface area (Å²) in [6.45, 7) is 0. The number of ether oxygens (including phenoxy) is 2. The predicted molar refractivity (Wildman–Crippen MR) is 95.6 cm³/mol. The van der Waals surface area contributed by atoms with Crippen LogP contribution in [-0.4, -0.2) is 0 Å². The molecule has 0 amide bonds. The summed E-state index contributed by atoms with van der Waals surface area (Å²) in [5.41, 5.74) is 12.7. The quantitative estimate of drug-likeness (QED) is 0.479. The predicted octanol–water partition coefficient (Wildman–Crippen LogP) is 4.72. The standard InChI is InChI=1S/C18H16N2O2S/c19-14-11-15(23)17(21-12-7-3-1-4-8-12)18(16(14)20)22-13-9-5-2-6-10-13/h1-11,23H,19-20H2. The normalized spacial score (nSPS) is 10.3. The fourth-order valence-corrected chi connectivity index (χ4v) is 2.36. The SMILES string of the molecule is Nc1cc(S)c(Oc2ccccc2)c(Oc2ccccc2)c1N. The third kappa shape index (κ3) is 3.35. The number of hydrogen-bond donors (Lipinski definition) is 3. The second kappa shape index (κ2) is 6.54. The molecule has 0 aliphatic carbocycles. The van der Waals surface area contributed by atoms with Crippen molar-refractivity contribution in [2.24, 2.45) is 0 Å². The van der Waals surface area contributed by atoms with Crippen LogP contribution in [0.4, 0.5) is 11.4 Å². The summed E-state index contributed by atoms with van der Waals surface area (Å²) in [5.74, 6) is 2.07. The highest BCUT2D eigenvalue weighted by Crippen LogP contribution is 2.46. The zero-order valence-electron chi connectivity index (χ0n) is 12.3. The second-order valence-corrected chi connectivity index (χ2v) is 5.37. The molecule has 3 rings (SSSR count). The highest BCUT2D eigenvalue weighted by atomic mass is 32.1. The van der Waals surface area contributed by atoms with Crippen molar-refractivity contribution in [3.05, 3.63) is 66.7 Å². The summed E-state index contributed by atoms with van der Waals surface area (Å²) in [6, 6.07) is 20.3. The van der Waals surface area contributed by atoms with E-state index in [1.165, 1.54) is 0 Å². The average molecular weight is 324 g/mol. The maximum absolute atomic E-state index is 6.09. The Kier molecular flexibility index (Phi) is 4.30. The van der Waals surface area contributed by atoms with Crippen LogP contribution in [0.2, 0.25) is 0 Å². The number of thiol groups is 1. The summed E-state index contributed by atoms with van der Waals surface area (Å²) in [6.07, 6.45) is 0. The van der Waals surface area contributed by atoms with Crippen molar-refractivity contribution in [2.45, 2.75) is 4.90 Å². The summed E-state index contributed by atoms with van der Waals surface area (Å²) in [5, 5.41) is 0. The molecule has 5 heteroatoms. The Morgan fingerprint density at radius 2 is 1.17 bits per heavy atom. The zero-order valence-corrected chi connectivity index (χ0v) is 13.2. The van der Waals surface area contributed by atoms with Crippen molar-refractivity contribution in [2.75, 3.05) is 11.5 Å². The highest BCUT2D eigenvalue weighted by Gasteiger charge is 2.18. The first-order valence-electron chi connectivity index (χ1n) is 7.02. The molecule has 0 unspecified atom stereocenters. The van der Waals surface area contributed by atoms with Gasteiger partial charge in [-0.1, -0.05) is 36.4 Å². The first kappa shape index (κ1) is 15.1. The summed E-state index contributed by atoms with van der Waals surface area (Å²) >= 11 is 4.44. The molecule has 3 aromatic rings. The molecular weight excluding hydrogens is 308 g/mol. The molecule has 0 atom stereocenters. The fraction of sp³-hybridized carbons (Fsp3) is 0. The molecule has 0 aromatic heterocycles. The topological polar surface area (TPSA) is 70.5 Å². The van der Waals surface area contributed by atoms with Crippen molar-refractivity contribution in [1.29, 1.82) is 0 Å². The van der Waals surface area contributed by atoms with Gasteiger partial charge in [0.25, 0.3) is 0 Å². The van der Waals surface area contributed by atoms with Crippen molar-refractivity contribution in [3.8, 4) is 23.0 Å². The number of nitrogen functional groups attached to an aromatic ring is 2. The van der Waals surface area contributed by atoms with Crippen molar-refractivity contribution < 1.29 is 9.47 Å². The molecule has 0 aliphatic heterocycles. The van der Waals surface area contributed by atoms with Gasteiger partial charge in [-0.15, -0.1) is 12.6 Å². The average Bonchev–Trinajstić information content (AvgIpc) is 2.58. The van der Waals surface area contributed by atoms with Crippen LogP contribution in [0, 0.1) is 0 Å². The van der Waals surface area contributed by atoms with Crippen LogP contribution in [0.1, 0.15) is 0 Å². The second-order valence-electron chi connectivity index (χ2n) is 4.89. The molecule has 0 aliphatic rings. The first-order chi connectivity index (χ1) is 11.1. The van der Waals surface area contributed by atoms with E-state index in [0.29, 0.717) is 39.3 Å². The molecule has 0 saturated heterocycles. The van der Waals surface area contributed by atoms with Crippen LogP contribution in [0.3, 0.4) is 0 Å². The van der Waals surface area contributed by atoms with E-state index in [4.69, 9.17) is 20.9 Å². The number of para-hydroxylation sites is 2. The maximum Gasteiger partial charge on any atom is 0.196 e. The van der Waals surface area contributed by atoms with E-state index < -0.39 is 0 Å². The van der Waals surface area contributed by atoms with Crippen LogP contribution in [0.15, 0.2) is 71.6 Å². The van der Waals surface area contributed by atoms with Crippen LogP contribution in [0.5, 0.6) is 23.0 Å². The lowest BCUT2D eigenvalue weighted by Gasteiger charge is -2.17. The minimum atomic E-state index is 0.317. The van der Waals surface area contributed by atoms with E-state index in [-0.39, 0.29) is 0 Å². The summed E-state index contributed by atoms with van der Waals surface area (Å²) < 4.78 is 11.8. The molecule has 116 valence electrons. The molecule has 4 N–H and O–H groups in total. The van der Waals surface area contributed by atoms with Gasteiger partial charge in [0.05, 0.1) is 10.6 Å². The van der Waals surface area contributed by atoms with Crippen molar-refractivity contribution in [1.82, 2.24) is 0 Å². The Labute approximate surface area is 140 Å². The van der Waals surface area contributed by atoms with Crippen LogP contribution >= 0.6 is 12.6 Å². The molecule has 0 fully saturated rings. The smallest absolute Gasteiger partial charge is 0.196 e. The molecular formula is C18H16N2O2S. The lowest BCUT2D eigenvalue weighted by Crippen LogP contribution is -2.01. The number of benzene rings is 3. The van der Waals surface area contributed by atoms with Gasteiger partial charge >= 0.3 is 0 Å². The van der Waals surface area contributed by atoms with E-state index in [2.05, 4.69) is 12.6 Å². The molecule has 0 saturated carbocycles. The number of rotatable bonds is 4. The van der Waals surface area contributed by atoms with Gasteiger partial charge in [-0.2, -0.15) is 0 Å². The van der Waals surface area contributed by atoms with Crippen molar-refractivity contribution >= 4 is 24.0 Å². The van der Waals surface area contributed by atoms with Crippen LogP contribution in [-0.2, 0) is 0 Å². The fourth-order valence-electron chi connectivity index (χ4n) is 2.07. The zero-order chi connectivity index (χ0) is 16.2. The van der Waals surface area contributed by atoms with E-state index in [0.717, 1.165) is 0 Å².